The molecule has 174 valence electrons. The summed E-state index contributed by atoms with van der Waals surface area (Å²) < 4.78 is 33.8. The largest absolute Gasteiger partial charge is 0.494 e. The lowest BCUT2D eigenvalue weighted by Crippen LogP contribution is -2.38. The maximum atomic E-state index is 13.7. The molecule has 0 aliphatic rings. The summed E-state index contributed by atoms with van der Waals surface area (Å²) in [4.78, 5) is 12.8. The molecular weight excluding hydrogens is 483 g/mol. The zero-order valence-electron chi connectivity index (χ0n) is 18.4. The molecule has 3 aromatic carbocycles. The van der Waals surface area contributed by atoms with Crippen molar-refractivity contribution in [2.45, 2.75) is 25.7 Å². The lowest BCUT2D eigenvalue weighted by atomic mass is 10.1. The maximum Gasteiger partial charge on any atom is 0.266 e. The Morgan fingerprint density at radius 3 is 2.33 bits per heavy atom. The number of nitrogens with zero attached hydrogens (tertiary/aromatic N) is 1. The molecule has 0 aliphatic carbocycles. The zero-order valence-corrected chi connectivity index (χ0v) is 20.8. The third-order valence-electron chi connectivity index (χ3n) is 5.07. The normalized spacial score (nSPS) is 11.2. The predicted molar refractivity (Wildman–Crippen MR) is 133 cm³/mol. The molecule has 0 saturated carbocycles. The molecule has 0 saturated heterocycles. The summed E-state index contributed by atoms with van der Waals surface area (Å²) in [5.41, 5.74) is 2.51. The molecule has 0 bridgehead atoms. The molecule has 0 spiro atoms. The van der Waals surface area contributed by atoms with Gasteiger partial charge in [-0.25, -0.2) is 8.42 Å². The van der Waals surface area contributed by atoms with E-state index >= 15 is 0 Å². The molecule has 0 radical (unpaired) electrons. The van der Waals surface area contributed by atoms with E-state index < -0.39 is 22.5 Å². The number of carbonyl (C=O) groups excluding carboxylic acids is 1. The minimum absolute atomic E-state index is 0.0959. The standard InChI is InChI=1S/C24H24Cl2N2O4S/c1-4-32-19-13-11-18(12-14-19)27-23(29)15-28(21-9-5-7-16(2)17(21)3)33(30,31)22-10-6-8-20(25)24(22)26/h5-14H,4,15H2,1-3H3,(H,27,29). The first-order chi connectivity index (χ1) is 15.6. The first kappa shape index (κ1) is 24.9. The second-order valence-corrected chi connectivity index (χ2v) is 9.90. The van der Waals surface area contributed by atoms with Crippen molar-refractivity contribution in [1.82, 2.24) is 0 Å². The van der Waals surface area contributed by atoms with Crippen molar-refractivity contribution in [3.63, 3.8) is 0 Å². The van der Waals surface area contributed by atoms with Gasteiger partial charge in [0.2, 0.25) is 5.91 Å². The van der Waals surface area contributed by atoms with Crippen LogP contribution in [0.4, 0.5) is 11.4 Å². The third-order valence-corrected chi connectivity index (χ3v) is 7.80. The average molecular weight is 507 g/mol. The van der Waals surface area contributed by atoms with E-state index in [1.54, 1.807) is 43.3 Å². The number of anilines is 2. The van der Waals surface area contributed by atoms with Gasteiger partial charge in [0.25, 0.3) is 10.0 Å². The monoisotopic (exact) mass is 506 g/mol. The summed E-state index contributed by atoms with van der Waals surface area (Å²) in [6, 6.07) is 16.5. The number of benzene rings is 3. The van der Waals surface area contributed by atoms with Crippen LogP contribution in [0.25, 0.3) is 0 Å². The van der Waals surface area contributed by atoms with Gasteiger partial charge in [0.05, 0.1) is 22.3 Å². The van der Waals surface area contributed by atoms with Gasteiger partial charge < -0.3 is 10.1 Å². The molecule has 33 heavy (non-hydrogen) atoms. The predicted octanol–water partition coefficient (Wildman–Crippen LogP) is 5.84. The van der Waals surface area contributed by atoms with Crippen LogP contribution < -0.4 is 14.4 Å². The first-order valence-electron chi connectivity index (χ1n) is 10.2. The minimum atomic E-state index is -4.21. The molecule has 0 unspecified atom stereocenters. The van der Waals surface area contributed by atoms with Gasteiger partial charge in [-0.1, -0.05) is 41.4 Å². The van der Waals surface area contributed by atoms with Crippen molar-refractivity contribution >= 4 is 50.5 Å². The fourth-order valence-electron chi connectivity index (χ4n) is 3.24. The van der Waals surface area contributed by atoms with Crippen LogP contribution >= 0.6 is 23.2 Å². The van der Waals surface area contributed by atoms with Crippen LogP contribution in [0.3, 0.4) is 0 Å². The van der Waals surface area contributed by atoms with Gasteiger partial charge in [0.15, 0.2) is 0 Å². The second kappa shape index (κ2) is 10.5. The number of hydrogen-bond acceptors (Lipinski definition) is 4. The Morgan fingerprint density at radius 2 is 1.67 bits per heavy atom. The molecule has 1 amide bonds. The molecule has 0 fully saturated rings. The van der Waals surface area contributed by atoms with E-state index in [4.69, 9.17) is 27.9 Å². The van der Waals surface area contributed by atoms with Crippen molar-refractivity contribution in [2.75, 3.05) is 22.8 Å². The van der Waals surface area contributed by atoms with Crippen LogP contribution in [0.2, 0.25) is 10.0 Å². The molecule has 1 N–H and O–H groups in total. The quantitative estimate of drug-likeness (QED) is 0.416. The van der Waals surface area contributed by atoms with Crippen molar-refractivity contribution < 1.29 is 17.9 Å². The van der Waals surface area contributed by atoms with Crippen molar-refractivity contribution in [1.29, 1.82) is 0 Å². The number of hydrogen-bond donors (Lipinski definition) is 1. The van der Waals surface area contributed by atoms with E-state index in [9.17, 15) is 13.2 Å². The van der Waals surface area contributed by atoms with E-state index in [1.165, 1.54) is 18.2 Å². The van der Waals surface area contributed by atoms with Crippen LogP contribution in [-0.4, -0.2) is 27.5 Å². The van der Waals surface area contributed by atoms with Gasteiger partial charge in [0.1, 0.15) is 17.2 Å². The Morgan fingerprint density at radius 1 is 1.00 bits per heavy atom. The van der Waals surface area contributed by atoms with Crippen LogP contribution in [-0.2, 0) is 14.8 Å². The fraction of sp³-hybridized carbons (Fsp3) is 0.208. The van der Waals surface area contributed by atoms with Crippen LogP contribution in [0.1, 0.15) is 18.1 Å². The number of ether oxygens (including phenoxy) is 1. The molecule has 0 atom stereocenters. The number of sulfonamides is 1. The summed E-state index contributed by atoms with van der Waals surface area (Å²) in [6.45, 7) is 5.63. The molecule has 9 heteroatoms. The van der Waals surface area contributed by atoms with Crippen molar-refractivity contribution in [3.05, 3.63) is 81.8 Å². The number of carbonyl (C=O) groups is 1. The van der Waals surface area contributed by atoms with Gasteiger partial charge in [-0.05, 0) is 74.4 Å². The Balaban J connectivity index is 1.98. The van der Waals surface area contributed by atoms with Crippen LogP contribution in [0.5, 0.6) is 5.75 Å². The second-order valence-electron chi connectivity index (χ2n) is 7.29. The lowest BCUT2D eigenvalue weighted by Gasteiger charge is -2.26. The average Bonchev–Trinajstić information content (AvgIpc) is 2.77. The van der Waals surface area contributed by atoms with Crippen LogP contribution in [0, 0.1) is 13.8 Å². The zero-order chi connectivity index (χ0) is 24.2. The van der Waals surface area contributed by atoms with E-state index in [-0.39, 0.29) is 14.9 Å². The summed E-state index contributed by atoms with van der Waals surface area (Å²) >= 11 is 12.3. The molecule has 0 heterocycles. The van der Waals surface area contributed by atoms with E-state index in [2.05, 4.69) is 5.32 Å². The Hall–Kier alpha value is -2.74. The SMILES string of the molecule is CCOc1ccc(NC(=O)CN(c2cccc(C)c2C)S(=O)(=O)c2cccc(Cl)c2Cl)cc1. The molecule has 0 aromatic heterocycles. The molecule has 3 aromatic rings. The smallest absolute Gasteiger partial charge is 0.266 e. The van der Waals surface area contributed by atoms with E-state index in [1.807, 2.05) is 19.9 Å². The third kappa shape index (κ3) is 5.61. The highest BCUT2D eigenvalue weighted by atomic mass is 35.5. The lowest BCUT2D eigenvalue weighted by molar-refractivity contribution is -0.114. The topological polar surface area (TPSA) is 75.7 Å². The maximum absolute atomic E-state index is 13.7. The van der Waals surface area contributed by atoms with Crippen LogP contribution in [0.15, 0.2) is 65.6 Å². The fourth-order valence-corrected chi connectivity index (χ4v) is 5.46. The number of aryl methyl sites for hydroxylation is 1. The van der Waals surface area contributed by atoms with E-state index in [0.29, 0.717) is 23.7 Å². The molecule has 3 rings (SSSR count). The minimum Gasteiger partial charge on any atom is -0.494 e. The number of halogens is 2. The molecule has 0 aliphatic heterocycles. The highest BCUT2D eigenvalue weighted by molar-refractivity contribution is 7.93. The first-order valence-corrected chi connectivity index (χ1v) is 12.4. The highest BCUT2D eigenvalue weighted by Gasteiger charge is 2.31. The summed E-state index contributed by atoms with van der Waals surface area (Å²) in [5, 5.41) is 2.75. The summed E-state index contributed by atoms with van der Waals surface area (Å²) in [7, 11) is -4.21. The number of nitrogens with one attached hydrogen (secondary N) is 1. The Kier molecular flexibility index (Phi) is 7.89. The van der Waals surface area contributed by atoms with Gasteiger partial charge >= 0.3 is 0 Å². The summed E-state index contributed by atoms with van der Waals surface area (Å²) in [6.07, 6.45) is 0. The van der Waals surface area contributed by atoms with Gasteiger partial charge in [0, 0.05) is 5.69 Å². The molecule has 6 nitrogen and oxygen atoms in total. The van der Waals surface area contributed by atoms with Gasteiger partial charge in [-0.3, -0.25) is 9.10 Å². The molecular formula is C24H24Cl2N2O4S. The number of amides is 1. The summed E-state index contributed by atoms with van der Waals surface area (Å²) in [5.74, 6) is 0.160. The van der Waals surface area contributed by atoms with E-state index in [0.717, 1.165) is 15.4 Å². The van der Waals surface area contributed by atoms with Crippen molar-refractivity contribution in [3.8, 4) is 5.75 Å². The Labute approximate surface area is 204 Å². The highest BCUT2D eigenvalue weighted by Crippen LogP contribution is 2.34. The Bertz CT molecular complexity index is 1260. The van der Waals surface area contributed by atoms with Crippen molar-refractivity contribution in [2.24, 2.45) is 0 Å². The van der Waals surface area contributed by atoms with Gasteiger partial charge in [-0.2, -0.15) is 0 Å². The van der Waals surface area contributed by atoms with Gasteiger partial charge in [-0.15, -0.1) is 0 Å². The number of rotatable bonds is 8.